The first-order valence-corrected chi connectivity index (χ1v) is 10.9. The van der Waals surface area contributed by atoms with Gasteiger partial charge in [-0.15, -0.1) is 10.2 Å². The molecule has 2 N–H and O–H groups in total. The third kappa shape index (κ3) is 3.93. The fraction of sp³-hybridized carbons (Fsp3) is 0.273. The molecule has 5 rings (SSSR count). The smallest absolute Gasteiger partial charge is 0.191 e. The SMILES string of the molecule is OC(COc1ccc(F)cc1)CSc1nnc(-c2c[nH]c3ccccc23)n1C1CC1. The molecule has 4 aromatic rings. The standard InChI is InChI=1S/C22H21FN4O2S/c23-14-5-9-17(10-6-14)29-12-16(28)13-30-22-26-25-21(27(22)15-7-8-15)19-11-24-20-4-2-1-3-18(19)20/h1-6,9-11,15-16,24,28H,7-8,12-13H2. The van der Waals surface area contributed by atoms with Crippen molar-refractivity contribution < 1.29 is 14.2 Å². The molecular formula is C22H21FN4O2S. The lowest BCUT2D eigenvalue weighted by Gasteiger charge is -2.13. The molecule has 30 heavy (non-hydrogen) atoms. The Hall–Kier alpha value is -2.84. The van der Waals surface area contributed by atoms with Gasteiger partial charge in [0, 0.05) is 34.5 Å². The number of para-hydroxylation sites is 1. The van der Waals surface area contributed by atoms with Gasteiger partial charge in [0.1, 0.15) is 18.2 Å². The number of aliphatic hydroxyl groups excluding tert-OH is 1. The highest BCUT2D eigenvalue weighted by molar-refractivity contribution is 7.99. The Morgan fingerprint density at radius 1 is 1.17 bits per heavy atom. The average Bonchev–Trinajstić information content (AvgIpc) is 3.37. The quantitative estimate of drug-likeness (QED) is 0.409. The summed E-state index contributed by atoms with van der Waals surface area (Å²) in [6, 6.07) is 14.3. The maximum atomic E-state index is 13.0. The summed E-state index contributed by atoms with van der Waals surface area (Å²) in [7, 11) is 0. The summed E-state index contributed by atoms with van der Waals surface area (Å²) < 4.78 is 20.7. The van der Waals surface area contributed by atoms with Crippen LogP contribution in [0.3, 0.4) is 0 Å². The average molecular weight is 425 g/mol. The molecular weight excluding hydrogens is 403 g/mol. The molecule has 6 nitrogen and oxygen atoms in total. The summed E-state index contributed by atoms with van der Waals surface area (Å²) >= 11 is 1.47. The van der Waals surface area contributed by atoms with Crippen molar-refractivity contribution in [1.29, 1.82) is 0 Å². The monoisotopic (exact) mass is 424 g/mol. The highest BCUT2D eigenvalue weighted by Gasteiger charge is 2.31. The molecule has 1 saturated carbocycles. The fourth-order valence-electron chi connectivity index (χ4n) is 3.42. The molecule has 8 heteroatoms. The van der Waals surface area contributed by atoms with E-state index in [9.17, 15) is 9.50 Å². The maximum Gasteiger partial charge on any atom is 0.191 e. The van der Waals surface area contributed by atoms with Crippen LogP contribution in [0.2, 0.25) is 0 Å². The summed E-state index contributed by atoms with van der Waals surface area (Å²) in [5.74, 6) is 1.50. The number of fused-ring (bicyclic) bond motifs is 1. The lowest BCUT2D eigenvalue weighted by molar-refractivity contribution is 0.126. The van der Waals surface area contributed by atoms with Gasteiger partial charge in [0.15, 0.2) is 11.0 Å². The molecule has 0 amide bonds. The fourth-order valence-corrected chi connectivity index (χ4v) is 4.33. The van der Waals surface area contributed by atoms with Crippen molar-refractivity contribution in [2.45, 2.75) is 30.1 Å². The second-order valence-corrected chi connectivity index (χ2v) is 8.37. The lowest BCUT2D eigenvalue weighted by atomic mass is 10.1. The van der Waals surface area contributed by atoms with E-state index in [1.165, 1.54) is 23.9 Å². The Morgan fingerprint density at radius 2 is 1.97 bits per heavy atom. The zero-order chi connectivity index (χ0) is 20.5. The minimum Gasteiger partial charge on any atom is -0.491 e. The van der Waals surface area contributed by atoms with Crippen molar-refractivity contribution in [2.75, 3.05) is 12.4 Å². The summed E-state index contributed by atoms with van der Waals surface area (Å²) in [4.78, 5) is 3.30. The van der Waals surface area contributed by atoms with Gasteiger partial charge in [-0.1, -0.05) is 30.0 Å². The Kier molecular flexibility index (Phi) is 5.18. The van der Waals surface area contributed by atoms with E-state index in [2.05, 4.69) is 25.8 Å². The van der Waals surface area contributed by atoms with E-state index < -0.39 is 6.10 Å². The van der Waals surface area contributed by atoms with Gasteiger partial charge in [0.05, 0.1) is 6.10 Å². The number of nitrogens with zero attached hydrogens (tertiary/aromatic N) is 3. The molecule has 0 aliphatic heterocycles. The number of aromatic amines is 1. The van der Waals surface area contributed by atoms with Gasteiger partial charge in [-0.2, -0.15) is 0 Å². The van der Waals surface area contributed by atoms with E-state index in [4.69, 9.17) is 4.74 Å². The van der Waals surface area contributed by atoms with Gasteiger partial charge in [-0.25, -0.2) is 4.39 Å². The van der Waals surface area contributed by atoms with Crippen molar-refractivity contribution in [2.24, 2.45) is 0 Å². The molecule has 1 aliphatic carbocycles. The Bertz CT molecular complexity index is 1150. The number of hydrogen-bond acceptors (Lipinski definition) is 5. The first-order valence-electron chi connectivity index (χ1n) is 9.89. The zero-order valence-electron chi connectivity index (χ0n) is 16.2. The Balaban J connectivity index is 1.29. The van der Waals surface area contributed by atoms with Crippen LogP contribution in [0.15, 0.2) is 59.9 Å². The first kappa shape index (κ1) is 19.1. The topological polar surface area (TPSA) is 76.0 Å². The number of hydrogen-bond donors (Lipinski definition) is 2. The number of rotatable bonds is 8. The van der Waals surface area contributed by atoms with E-state index in [0.717, 1.165) is 40.3 Å². The maximum absolute atomic E-state index is 13.0. The third-order valence-electron chi connectivity index (χ3n) is 5.07. The predicted molar refractivity (Wildman–Crippen MR) is 114 cm³/mol. The van der Waals surface area contributed by atoms with Crippen LogP contribution in [0.25, 0.3) is 22.3 Å². The summed E-state index contributed by atoms with van der Waals surface area (Å²) in [6.07, 6.45) is 3.52. The molecule has 1 atom stereocenters. The van der Waals surface area contributed by atoms with Gasteiger partial charge in [-0.3, -0.25) is 4.57 Å². The molecule has 1 unspecified atom stereocenters. The summed E-state index contributed by atoms with van der Waals surface area (Å²) in [6.45, 7) is 0.130. The van der Waals surface area contributed by atoms with Crippen molar-refractivity contribution >= 4 is 22.7 Å². The number of benzene rings is 2. The third-order valence-corrected chi connectivity index (χ3v) is 6.16. The number of thioether (sulfide) groups is 1. The number of H-pyrrole nitrogens is 1. The molecule has 0 spiro atoms. The van der Waals surface area contributed by atoms with Crippen LogP contribution >= 0.6 is 11.8 Å². The normalized spacial score (nSPS) is 14.9. The van der Waals surface area contributed by atoms with Crippen LogP contribution in [-0.2, 0) is 0 Å². The zero-order valence-corrected chi connectivity index (χ0v) is 17.0. The molecule has 0 bridgehead atoms. The van der Waals surface area contributed by atoms with Crippen LogP contribution < -0.4 is 4.74 Å². The van der Waals surface area contributed by atoms with Crippen LogP contribution in [0, 0.1) is 5.82 Å². The minimum atomic E-state index is -0.680. The lowest BCUT2D eigenvalue weighted by Crippen LogP contribution is -2.20. The van der Waals surface area contributed by atoms with Gasteiger partial charge in [0.25, 0.3) is 0 Å². The molecule has 0 radical (unpaired) electrons. The number of aliphatic hydroxyl groups is 1. The Morgan fingerprint density at radius 3 is 2.77 bits per heavy atom. The van der Waals surface area contributed by atoms with Gasteiger partial charge >= 0.3 is 0 Å². The van der Waals surface area contributed by atoms with E-state index in [1.807, 2.05) is 24.4 Å². The summed E-state index contributed by atoms with van der Waals surface area (Å²) in [5, 5.41) is 21.1. The first-order chi connectivity index (χ1) is 14.7. The minimum absolute atomic E-state index is 0.130. The molecule has 2 aromatic heterocycles. The van der Waals surface area contributed by atoms with E-state index in [0.29, 0.717) is 17.5 Å². The van der Waals surface area contributed by atoms with Gasteiger partial charge in [-0.05, 0) is 43.2 Å². The van der Waals surface area contributed by atoms with Crippen LogP contribution in [0.1, 0.15) is 18.9 Å². The van der Waals surface area contributed by atoms with Crippen LogP contribution in [0.5, 0.6) is 5.75 Å². The van der Waals surface area contributed by atoms with E-state index in [1.54, 1.807) is 12.1 Å². The number of halogens is 1. The number of aromatic nitrogens is 4. The largest absolute Gasteiger partial charge is 0.491 e. The molecule has 2 aromatic carbocycles. The van der Waals surface area contributed by atoms with Crippen molar-refractivity contribution in [3.63, 3.8) is 0 Å². The second kappa shape index (κ2) is 8.12. The van der Waals surface area contributed by atoms with E-state index >= 15 is 0 Å². The number of nitrogens with one attached hydrogen (secondary N) is 1. The van der Waals surface area contributed by atoms with E-state index in [-0.39, 0.29) is 12.4 Å². The van der Waals surface area contributed by atoms with Crippen LogP contribution in [-0.4, -0.2) is 43.3 Å². The highest BCUT2D eigenvalue weighted by atomic mass is 32.2. The molecule has 1 aliphatic rings. The highest BCUT2D eigenvalue weighted by Crippen LogP contribution is 2.42. The molecule has 1 fully saturated rings. The van der Waals surface area contributed by atoms with Gasteiger partial charge in [0.2, 0.25) is 0 Å². The van der Waals surface area contributed by atoms with Crippen molar-refractivity contribution in [3.8, 4) is 17.1 Å². The summed E-state index contributed by atoms with van der Waals surface area (Å²) in [5.41, 5.74) is 2.11. The predicted octanol–water partition coefficient (Wildman–Crippen LogP) is 4.43. The Labute approximate surface area is 177 Å². The second-order valence-electron chi connectivity index (χ2n) is 7.39. The van der Waals surface area contributed by atoms with Gasteiger partial charge < -0.3 is 14.8 Å². The van der Waals surface area contributed by atoms with Crippen LogP contribution in [0.4, 0.5) is 4.39 Å². The van der Waals surface area contributed by atoms with Crippen molar-refractivity contribution in [3.05, 3.63) is 60.5 Å². The van der Waals surface area contributed by atoms with Crippen molar-refractivity contribution in [1.82, 2.24) is 19.7 Å². The molecule has 0 saturated heterocycles. The number of ether oxygens (including phenoxy) is 1. The molecule has 2 heterocycles. The molecule has 154 valence electrons.